The van der Waals surface area contributed by atoms with Crippen LogP contribution in [0.3, 0.4) is 0 Å². The van der Waals surface area contributed by atoms with Crippen LogP contribution in [0.25, 0.3) is 0 Å². The molecule has 0 unspecified atom stereocenters. The lowest BCUT2D eigenvalue weighted by Crippen LogP contribution is -2.31. The normalized spacial score (nSPS) is 16.0. The summed E-state index contributed by atoms with van der Waals surface area (Å²) < 4.78 is 6.17. The van der Waals surface area contributed by atoms with E-state index in [1.54, 1.807) is 19.2 Å². The highest BCUT2D eigenvalue weighted by Gasteiger charge is 2.30. The Morgan fingerprint density at radius 2 is 2.10 bits per heavy atom. The van der Waals surface area contributed by atoms with E-state index in [4.69, 9.17) is 4.74 Å². The fraction of sp³-hybridized carbons (Fsp3) is 0.190. The van der Waals surface area contributed by atoms with Crippen molar-refractivity contribution in [1.29, 1.82) is 5.26 Å². The lowest BCUT2D eigenvalue weighted by atomic mass is 9.87. The Bertz CT molecular complexity index is 999. The number of carbonyl (C=O) groups excluding carboxylic acids is 2. The van der Waals surface area contributed by atoms with E-state index in [9.17, 15) is 14.9 Å². The number of allylic oxidation sites excluding steroid dienone is 1. The Hall–Kier alpha value is -2.76. The number of nitriles is 1. The molecule has 1 aliphatic heterocycles. The molecule has 0 spiro atoms. The zero-order valence-electron chi connectivity index (χ0n) is 15.6. The molecule has 29 heavy (non-hydrogen) atoms. The van der Waals surface area contributed by atoms with Gasteiger partial charge in [-0.15, -0.1) is 0 Å². The summed E-state index contributed by atoms with van der Waals surface area (Å²) in [6, 6.07) is 16.8. The molecule has 8 heteroatoms. The van der Waals surface area contributed by atoms with Crippen molar-refractivity contribution in [3.63, 3.8) is 0 Å². The summed E-state index contributed by atoms with van der Waals surface area (Å²) in [7, 11) is 1.57. The summed E-state index contributed by atoms with van der Waals surface area (Å²) in [5.41, 5.74) is 1.95. The van der Waals surface area contributed by atoms with Gasteiger partial charge in [-0.2, -0.15) is 5.26 Å². The number of halogens is 1. The second-order valence-corrected chi connectivity index (χ2v) is 8.18. The number of anilines is 1. The molecule has 0 saturated carbocycles. The van der Waals surface area contributed by atoms with E-state index >= 15 is 0 Å². The molecule has 148 valence electrons. The second kappa shape index (κ2) is 9.63. The van der Waals surface area contributed by atoms with Crippen LogP contribution in [0.1, 0.15) is 17.9 Å². The first kappa shape index (κ1) is 21.0. The van der Waals surface area contributed by atoms with Gasteiger partial charge in [0.2, 0.25) is 11.8 Å². The maximum absolute atomic E-state index is 12.3. The van der Waals surface area contributed by atoms with Gasteiger partial charge in [0.15, 0.2) is 0 Å². The molecule has 2 aromatic carbocycles. The van der Waals surface area contributed by atoms with Crippen molar-refractivity contribution in [2.75, 3.05) is 18.2 Å². The molecule has 0 fully saturated rings. The number of nitrogens with one attached hydrogen (secondary N) is 2. The van der Waals surface area contributed by atoms with Gasteiger partial charge >= 0.3 is 0 Å². The monoisotopic (exact) mass is 471 g/mol. The van der Waals surface area contributed by atoms with Crippen LogP contribution < -0.4 is 15.4 Å². The van der Waals surface area contributed by atoms with Gasteiger partial charge in [-0.25, -0.2) is 0 Å². The average Bonchev–Trinajstić information content (AvgIpc) is 2.73. The fourth-order valence-corrected chi connectivity index (χ4v) is 4.09. The standard InChI is InChI=1S/C21H18BrN3O3S/c1-28-16-4-2-3-13(9-16)17-10-19(26)25-21(18(17)11-23)29-12-20(27)24-15-7-5-14(22)6-8-15/h2-9,17H,10,12H2,1H3,(H,24,27)(H,25,26)/t17-/m1/s1. The second-order valence-electron chi connectivity index (χ2n) is 6.28. The van der Waals surface area contributed by atoms with Crippen LogP contribution in [0.4, 0.5) is 5.69 Å². The van der Waals surface area contributed by atoms with Gasteiger partial charge in [-0.05, 0) is 42.0 Å². The predicted molar refractivity (Wildman–Crippen MR) is 116 cm³/mol. The number of rotatable bonds is 6. The highest BCUT2D eigenvalue weighted by molar-refractivity contribution is 9.10. The molecule has 0 radical (unpaired) electrons. The first-order valence-electron chi connectivity index (χ1n) is 8.76. The smallest absolute Gasteiger partial charge is 0.234 e. The minimum absolute atomic E-state index is 0.0711. The predicted octanol–water partition coefficient (Wildman–Crippen LogP) is 4.17. The molecular weight excluding hydrogens is 454 g/mol. The number of ether oxygens (including phenoxy) is 1. The molecule has 1 heterocycles. The molecule has 1 atom stereocenters. The van der Waals surface area contributed by atoms with Gasteiger partial charge in [-0.1, -0.05) is 39.8 Å². The zero-order chi connectivity index (χ0) is 20.8. The molecule has 2 amide bonds. The molecule has 2 aromatic rings. The van der Waals surface area contributed by atoms with E-state index in [0.717, 1.165) is 21.8 Å². The van der Waals surface area contributed by atoms with E-state index in [-0.39, 0.29) is 29.9 Å². The van der Waals surface area contributed by atoms with E-state index in [0.29, 0.717) is 22.0 Å². The highest BCUT2D eigenvalue weighted by atomic mass is 79.9. The Labute approximate surface area is 181 Å². The number of methoxy groups -OCH3 is 1. The fourth-order valence-electron chi connectivity index (χ4n) is 2.94. The number of carbonyl (C=O) groups is 2. The van der Waals surface area contributed by atoms with Crippen LogP contribution in [0.15, 0.2) is 63.6 Å². The Kier molecular flexibility index (Phi) is 6.96. The first-order chi connectivity index (χ1) is 14.0. The SMILES string of the molecule is COc1cccc([C@H]2CC(=O)NC(SCC(=O)Nc3ccc(Br)cc3)=C2C#N)c1. The maximum Gasteiger partial charge on any atom is 0.234 e. The van der Waals surface area contributed by atoms with Crippen LogP contribution >= 0.6 is 27.7 Å². The van der Waals surface area contributed by atoms with Crippen molar-refractivity contribution in [3.8, 4) is 11.8 Å². The highest BCUT2D eigenvalue weighted by Crippen LogP contribution is 2.36. The number of benzene rings is 2. The zero-order valence-corrected chi connectivity index (χ0v) is 18.0. The van der Waals surface area contributed by atoms with Gasteiger partial charge in [0.1, 0.15) is 5.75 Å². The summed E-state index contributed by atoms with van der Waals surface area (Å²) in [5.74, 6) is -0.0518. The molecule has 0 bridgehead atoms. The third-order valence-electron chi connectivity index (χ3n) is 4.33. The molecular formula is C21H18BrN3O3S. The molecule has 0 saturated heterocycles. The van der Waals surface area contributed by atoms with Crippen molar-refractivity contribution in [1.82, 2.24) is 5.32 Å². The average molecular weight is 472 g/mol. The summed E-state index contributed by atoms with van der Waals surface area (Å²) in [5, 5.41) is 15.7. The van der Waals surface area contributed by atoms with E-state index < -0.39 is 0 Å². The lowest BCUT2D eigenvalue weighted by Gasteiger charge is -2.25. The molecule has 0 aliphatic carbocycles. The van der Waals surface area contributed by atoms with E-state index in [1.807, 2.05) is 36.4 Å². The van der Waals surface area contributed by atoms with Gasteiger partial charge in [0, 0.05) is 22.5 Å². The van der Waals surface area contributed by atoms with Crippen LogP contribution in [-0.4, -0.2) is 24.7 Å². The van der Waals surface area contributed by atoms with Crippen LogP contribution in [0.5, 0.6) is 5.75 Å². The first-order valence-corrected chi connectivity index (χ1v) is 10.5. The van der Waals surface area contributed by atoms with Crippen molar-refractivity contribution in [2.24, 2.45) is 0 Å². The summed E-state index contributed by atoms with van der Waals surface area (Å²) >= 11 is 4.49. The number of hydrogen-bond donors (Lipinski definition) is 2. The van der Waals surface area contributed by atoms with Crippen LogP contribution in [0.2, 0.25) is 0 Å². The largest absolute Gasteiger partial charge is 0.497 e. The van der Waals surface area contributed by atoms with Gasteiger partial charge < -0.3 is 15.4 Å². The number of nitrogens with zero attached hydrogens (tertiary/aromatic N) is 1. The van der Waals surface area contributed by atoms with Crippen molar-refractivity contribution < 1.29 is 14.3 Å². The van der Waals surface area contributed by atoms with Crippen molar-refractivity contribution in [3.05, 3.63) is 69.2 Å². The number of amides is 2. The van der Waals surface area contributed by atoms with Crippen molar-refractivity contribution >= 4 is 45.2 Å². The summed E-state index contributed by atoms with van der Waals surface area (Å²) in [4.78, 5) is 24.5. The third-order valence-corrected chi connectivity index (χ3v) is 5.87. The lowest BCUT2D eigenvalue weighted by molar-refractivity contribution is -0.121. The minimum Gasteiger partial charge on any atom is -0.497 e. The van der Waals surface area contributed by atoms with Gasteiger partial charge in [0.05, 0.1) is 29.5 Å². The third kappa shape index (κ3) is 5.40. The number of hydrogen-bond acceptors (Lipinski definition) is 5. The topological polar surface area (TPSA) is 91.2 Å². The maximum atomic E-state index is 12.3. The minimum atomic E-state index is -0.374. The summed E-state index contributed by atoms with van der Waals surface area (Å²) in [6.07, 6.45) is 0.172. The van der Waals surface area contributed by atoms with Gasteiger partial charge in [-0.3, -0.25) is 9.59 Å². The number of thioether (sulfide) groups is 1. The van der Waals surface area contributed by atoms with Crippen molar-refractivity contribution in [2.45, 2.75) is 12.3 Å². The van der Waals surface area contributed by atoms with Crippen LogP contribution in [-0.2, 0) is 9.59 Å². The summed E-state index contributed by atoms with van der Waals surface area (Å²) in [6.45, 7) is 0. The Morgan fingerprint density at radius 3 is 2.79 bits per heavy atom. The van der Waals surface area contributed by atoms with Gasteiger partial charge in [0.25, 0.3) is 0 Å². The molecule has 2 N–H and O–H groups in total. The molecule has 6 nitrogen and oxygen atoms in total. The van der Waals surface area contributed by atoms with E-state index in [2.05, 4.69) is 32.6 Å². The van der Waals surface area contributed by atoms with E-state index in [1.165, 1.54) is 0 Å². The quantitative estimate of drug-likeness (QED) is 0.659. The molecule has 1 aliphatic rings. The Morgan fingerprint density at radius 1 is 1.34 bits per heavy atom. The van der Waals surface area contributed by atoms with Crippen LogP contribution in [0, 0.1) is 11.3 Å². The Balaban J connectivity index is 1.75. The molecule has 0 aromatic heterocycles. The molecule has 3 rings (SSSR count).